The van der Waals surface area contributed by atoms with Crippen molar-refractivity contribution in [2.75, 3.05) is 0 Å². The average molecular weight is 240 g/mol. The van der Waals surface area contributed by atoms with Gasteiger partial charge in [-0.3, -0.25) is 0 Å². The fourth-order valence-corrected chi connectivity index (χ4v) is 1.71. The molecule has 2 heteroatoms. The van der Waals surface area contributed by atoms with Crippen LogP contribution in [0.25, 0.3) is 0 Å². The van der Waals surface area contributed by atoms with Crippen molar-refractivity contribution in [2.24, 2.45) is 0 Å². The number of hydrogen-bond acceptors (Lipinski definition) is 2. The smallest absolute Gasteiger partial charge is 0.343 e. The Kier molecular flexibility index (Phi) is 3.78. The molecule has 0 saturated heterocycles. The highest BCUT2D eigenvalue weighted by atomic mass is 16.5. The van der Waals surface area contributed by atoms with Crippen LogP contribution in [0.15, 0.2) is 48.5 Å². The summed E-state index contributed by atoms with van der Waals surface area (Å²) in [5, 5.41) is 0. The van der Waals surface area contributed by atoms with Crippen LogP contribution in [-0.2, 0) is 6.42 Å². The molecule has 0 aliphatic rings. The zero-order valence-corrected chi connectivity index (χ0v) is 10.6. The highest BCUT2D eigenvalue weighted by Gasteiger charge is 2.09. The van der Waals surface area contributed by atoms with E-state index in [0.717, 1.165) is 12.0 Å². The van der Waals surface area contributed by atoms with Crippen LogP contribution in [-0.4, -0.2) is 5.97 Å². The van der Waals surface area contributed by atoms with Crippen molar-refractivity contribution >= 4 is 5.97 Å². The van der Waals surface area contributed by atoms with Crippen molar-refractivity contribution in [2.45, 2.75) is 20.3 Å². The van der Waals surface area contributed by atoms with Gasteiger partial charge in [0.1, 0.15) is 5.75 Å². The Morgan fingerprint density at radius 2 is 1.72 bits per heavy atom. The van der Waals surface area contributed by atoms with Crippen LogP contribution in [0.2, 0.25) is 0 Å². The number of hydrogen-bond donors (Lipinski definition) is 0. The van der Waals surface area contributed by atoms with E-state index in [2.05, 4.69) is 6.92 Å². The SMILES string of the molecule is CCc1ccc(C(=O)Oc2ccccc2C)cc1. The van der Waals surface area contributed by atoms with E-state index in [-0.39, 0.29) is 5.97 Å². The third-order valence-corrected chi connectivity index (χ3v) is 2.89. The lowest BCUT2D eigenvalue weighted by Gasteiger charge is -2.07. The summed E-state index contributed by atoms with van der Waals surface area (Å²) in [6.07, 6.45) is 0.965. The molecule has 0 saturated carbocycles. The standard InChI is InChI=1S/C16H16O2/c1-3-13-8-10-14(11-9-13)16(17)18-15-7-5-4-6-12(15)2/h4-11H,3H2,1-2H3. The molecular weight excluding hydrogens is 224 g/mol. The van der Waals surface area contributed by atoms with Crippen molar-refractivity contribution in [1.29, 1.82) is 0 Å². The van der Waals surface area contributed by atoms with E-state index < -0.39 is 0 Å². The quantitative estimate of drug-likeness (QED) is 0.603. The van der Waals surface area contributed by atoms with Gasteiger partial charge < -0.3 is 4.74 Å². The molecule has 0 spiro atoms. The number of esters is 1. The predicted molar refractivity (Wildman–Crippen MR) is 72.0 cm³/mol. The predicted octanol–water partition coefficient (Wildman–Crippen LogP) is 3.78. The van der Waals surface area contributed by atoms with Crippen LogP contribution in [0.5, 0.6) is 5.75 Å². The minimum atomic E-state index is -0.313. The third-order valence-electron chi connectivity index (χ3n) is 2.89. The fourth-order valence-electron chi connectivity index (χ4n) is 1.71. The number of benzene rings is 2. The molecule has 0 aromatic heterocycles. The largest absolute Gasteiger partial charge is 0.423 e. The van der Waals surface area contributed by atoms with E-state index >= 15 is 0 Å². The highest BCUT2D eigenvalue weighted by molar-refractivity contribution is 5.91. The van der Waals surface area contributed by atoms with Crippen molar-refractivity contribution in [3.8, 4) is 5.75 Å². The molecule has 0 radical (unpaired) electrons. The third kappa shape index (κ3) is 2.77. The lowest BCUT2D eigenvalue weighted by molar-refractivity contribution is 0.0733. The maximum atomic E-state index is 11.9. The molecule has 18 heavy (non-hydrogen) atoms. The lowest BCUT2D eigenvalue weighted by atomic mass is 10.1. The minimum Gasteiger partial charge on any atom is -0.423 e. The number of carbonyl (C=O) groups is 1. The molecule has 2 nitrogen and oxygen atoms in total. The second-order valence-corrected chi connectivity index (χ2v) is 4.21. The van der Waals surface area contributed by atoms with Crippen LogP contribution in [0.4, 0.5) is 0 Å². The van der Waals surface area contributed by atoms with Gasteiger partial charge in [0.25, 0.3) is 0 Å². The van der Waals surface area contributed by atoms with E-state index in [1.807, 2.05) is 37.3 Å². The number of para-hydroxylation sites is 1. The number of rotatable bonds is 3. The summed E-state index contributed by atoms with van der Waals surface area (Å²) < 4.78 is 5.37. The maximum absolute atomic E-state index is 11.9. The summed E-state index contributed by atoms with van der Waals surface area (Å²) >= 11 is 0. The van der Waals surface area contributed by atoms with Gasteiger partial charge in [0.05, 0.1) is 5.56 Å². The average Bonchev–Trinajstić information content (AvgIpc) is 2.41. The van der Waals surface area contributed by atoms with Crippen LogP contribution in [0.3, 0.4) is 0 Å². The van der Waals surface area contributed by atoms with Crippen LogP contribution in [0, 0.1) is 6.92 Å². The van der Waals surface area contributed by atoms with E-state index in [0.29, 0.717) is 11.3 Å². The van der Waals surface area contributed by atoms with Gasteiger partial charge in [-0.25, -0.2) is 4.79 Å². The highest BCUT2D eigenvalue weighted by Crippen LogP contribution is 2.18. The van der Waals surface area contributed by atoms with E-state index in [1.165, 1.54) is 5.56 Å². The Morgan fingerprint density at radius 3 is 2.33 bits per heavy atom. The Hall–Kier alpha value is -2.09. The second-order valence-electron chi connectivity index (χ2n) is 4.21. The zero-order chi connectivity index (χ0) is 13.0. The summed E-state index contributed by atoms with van der Waals surface area (Å²) in [5.74, 6) is 0.300. The first kappa shape index (κ1) is 12.4. The number of ether oxygens (including phenoxy) is 1. The van der Waals surface area contributed by atoms with Gasteiger partial charge in [-0.05, 0) is 42.7 Å². The lowest BCUT2D eigenvalue weighted by Crippen LogP contribution is -2.09. The van der Waals surface area contributed by atoms with E-state index in [1.54, 1.807) is 18.2 Å². The molecule has 0 fully saturated rings. The topological polar surface area (TPSA) is 26.3 Å². The van der Waals surface area contributed by atoms with Gasteiger partial charge in [-0.1, -0.05) is 37.3 Å². The Labute approximate surface area is 107 Å². The molecular formula is C16H16O2. The monoisotopic (exact) mass is 240 g/mol. The van der Waals surface area contributed by atoms with Crippen LogP contribution in [0.1, 0.15) is 28.4 Å². The van der Waals surface area contributed by atoms with Gasteiger partial charge in [0.15, 0.2) is 0 Å². The van der Waals surface area contributed by atoms with Crippen molar-refractivity contribution in [3.63, 3.8) is 0 Å². The van der Waals surface area contributed by atoms with Crippen LogP contribution >= 0.6 is 0 Å². The number of aryl methyl sites for hydroxylation is 2. The molecule has 0 bridgehead atoms. The summed E-state index contributed by atoms with van der Waals surface area (Å²) in [4.78, 5) is 11.9. The van der Waals surface area contributed by atoms with Crippen molar-refractivity contribution < 1.29 is 9.53 Å². The van der Waals surface area contributed by atoms with Gasteiger partial charge in [-0.2, -0.15) is 0 Å². The van der Waals surface area contributed by atoms with Gasteiger partial charge in [0, 0.05) is 0 Å². The molecule has 0 N–H and O–H groups in total. The van der Waals surface area contributed by atoms with Gasteiger partial charge in [-0.15, -0.1) is 0 Å². The Bertz CT molecular complexity index is 541. The van der Waals surface area contributed by atoms with E-state index in [9.17, 15) is 4.79 Å². The molecule has 0 atom stereocenters. The second kappa shape index (κ2) is 5.50. The summed E-state index contributed by atoms with van der Waals surface area (Å²) in [6.45, 7) is 4.00. The first-order valence-electron chi connectivity index (χ1n) is 6.07. The molecule has 2 aromatic rings. The molecule has 92 valence electrons. The summed E-state index contributed by atoms with van der Waals surface area (Å²) in [5.41, 5.74) is 2.74. The minimum absolute atomic E-state index is 0.313. The molecule has 0 amide bonds. The van der Waals surface area contributed by atoms with Gasteiger partial charge >= 0.3 is 5.97 Å². The first-order chi connectivity index (χ1) is 8.70. The molecule has 2 aromatic carbocycles. The Balaban J connectivity index is 2.14. The molecule has 0 unspecified atom stereocenters. The van der Waals surface area contributed by atoms with Crippen molar-refractivity contribution in [1.82, 2.24) is 0 Å². The summed E-state index contributed by atoms with van der Waals surface area (Å²) in [6, 6.07) is 15.0. The first-order valence-corrected chi connectivity index (χ1v) is 6.07. The molecule has 0 aliphatic heterocycles. The summed E-state index contributed by atoms with van der Waals surface area (Å²) in [7, 11) is 0. The fraction of sp³-hybridized carbons (Fsp3) is 0.188. The van der Waals surface area contributed by atoms with Crippen molar-refractivity contribution in [3.05, 3.63) is 65.2 Å². The van der Waals surface area contributed by atoms with E-state index in [4.69, 9.17) is 4.74 Å². The molecule has 0 aliphatic carbocycles. The molecule has 2 rings (SSSR count). The maximum Gasteiger partial charge on any atom is 0.343 e. The molecule has 0 heterocycles. The normalized spacial score (nSPS) is 10.1. The van der Waals surface area contributed by atoms with Crippen LogP contribution < -0.4 is 4.74 Å². The number of carbonyl (C=O) groups excluding carboxylic acids is 1. The zero-order valence-electron chi connectivity index (χ0n) is 10.6. The Morgan fingerprint density at radius 1 is 1.06 bits per heavy atom. The van der Waals surface area contributed by atoms with Gasteiger partial charge in [0.2, 0.25) is 0 Å².